The lowest BCUT2D eigenvalue weighted by Crippen LogP contribution is -2.36. The van der Waals surface area contributed by atoms with Gasteiger partial charge in [0, 0.05) is 18.7 Å². The van der Waals surface area contributed by atoms with Crippen LogP contribution in [0.5, 0.6) is 5.75 Å². The number of carbonyl (C=O) groups excluding carboxylic acids is 1. The summed E-state index contributed by atoms with van der Waals surface area (Å²) in [5, 5.41) is 0. The Hall–Kier alpha value is -3.12. The Morgan fingerprint density at radius 2 is 1.66 bits per heavy atom. The number of halogens is 1. The second-order valence-corrected chi connectivity index (χ2v) is 7.74. The molecule has 6 heteroatoms. The quantitative estimate of drug-likeness (QED) is 0.443. The third-order valence-electron chi connectivity index (χ3n) is 5.10. The van der Waals surface area contributed by atoms with E-state index < -0.39 is 6.10 Å². The first-order valence-electron chi connectivity index (χ1n) is 9.45. The number of aromatic nitrogens is 2. The molecule has 29 heavy (non-hydrogen) atoms. The van der Waals surface area contributed by atoms with Crippen molar-refractivity contribution in [3.05, 3.63) is 88.9 Å². The molecular formula is C23H18BrN3O2. The number of nitrogens with zero attached hydrogens (tertiary/aromatic N) is 3. The highest BCUT2D eigenvalue weighted by Gasteiger charge is 2.35. The minimum Gasteiger partial charge on any atom is -0.475 e. The second kappa shape index (κ2) is 7.37. The number of para-hydroxylation sites is 3. The zero-order valence-electron chi connectivity index (χ0n) is 15.5. The molecule has 1 amide bonds. The highest BCUT2D eigenvalue weighted by molar-refractivity contribution is 9.10. The van der Waals surface area contributed by atoms with Crippen molar-refractivity contribution in [2.45, 2.75) is 12.6 Å². The summed E-state index contributed by atoms with van der Waals surface area (Å²) in [7, 11) is 0. The van der Waals surface area contributed by atoms with Crippen molar-refractivity contribution in [1.29, 1.82) is 0 Å². The van der Waals surface area contributed by atoms with E-state index in [9.17, 15) is 4.79 Å². The van der Waals surface area contributed by atoms with Crippen LogP contribution in [0.1, 0.15) is 11.7 Å². The molecule has 0 saturated heterocycles. The van der Waals surface area contributed by atoms with E-state index >= 15 is 0 Å². The zero-order valence-corrected chi connectivity index (χ0v) is 17.1. The van der Waals surface area contributed by atoms with Gasteiger partial charge in [-0.15, -0.1) is 0 Å². The normalized spacial score (nSPS) is 14.0. The molecule has 0 bridgehead atoms. The molecule has 5 nitrogen and oxygen atoms in total. The van der Waals surface area contributed by atoms with Crippen LogP contribution in [0, 0.1) is 0 Å². The molecule has 1 aliphatic heterocycles. The fourth-order valence-electron chi connectivity index (χ4n) is 3.70. The van der Waals surface area contributed by atoms with Crippen LogP contribution in [0.25, 0.3) is 11.0 Å². The Morgan fingerprint density at radius 1 is 0.931 bits per heavy atom. The predicted molar refractivity (Wildman–Crippen MR) is 116 cm³/mol. The van der Waals surface area contributed by atoms with Gasteiger partial charge in [0.1, 0.15) is 5.75 Å². The third-order valence-corrected chi connectivity index (χ3v) is 5.75. The van der Waals surface area contributed by atoms with E-state index in [0.29, 0.717) is 18.2 Å². The number of imidazole rings is 1. The van der Waals surface area contributed by atoms with E-state index in [0.717, 1.165) is 27.6 Å². The lowest BCUT2D eigenvalue weighted by molar-refractivity contribution is -0.125. The zero-order chi connectivity index (χ0) is 19.8. The van der Waals surface area contributed by atoms with Crippen LogP contribution in [-0.4, -0.2) is 22.0 Å². The van der Waals surface area contributed by atoms with Gasteiger partial charge in [-0.25, -0.2) is 4.98 Å². The van der Waals surface area contributed by atoms with Crippen LogP contribution in [0.3, 0.4) is 0 Å². The smallest absolute Gasteiger partial charge is 0.275 e. The lowest BCUT2D eigenvalue weighted by atomic mass is 10.1. The summed E-state index contributed by atoms with van der Waals surface area (Å²) >= 11 is 3.51. The van der Waals surface area contributed by atoms with Crippen molar-refractivity contribution >= 4 is 38.8 Å². The monoisotopic (exact) mass is 447 g/mol. The van der Waals surface area contributed by atoms with Gasteiger partial charge in [-0.3, -0.25) is 9.69 Å². The summed E-state index contributed by atoms with van der Waals surface area (Å²) < 4.78 is 9.12. The standard InChI is InChI=1S/C23H18BrN3O2/c24-17-10-4-7-13-20(17)29-21(16-8-2-1-3-9-16)22(28)27-15-14-26-19-12-6-5-11-18(19)25-23(26)27/h1-13,21H,14-15H2. The van der Waals surface area contributed by atoms with Crippen molar-refractivity contribution in [2.24, 2.45) is 0 Å². The van der Waals surface area contributed by atoms with Gasteiger partial charge < -0.3 is 9.30 Å². The van der Waals surface area contributed by atoms with E-state index in [2.05, 4.69) is 20.5 Å². The van der Waals surface area contributed by atoms with Crippen molar-refractivity contribution in [3.63, 3.8) is 0 Å². The Labute approximate surface area is 176 Å². The van der Waals surface area contributed by atoms with Crippen LogP contribution < -0.4 is 9.64 Å². The number of ether oxygens (including phenoxy) is 1. The van der Waals surface area contributed by atoms with Crippen LogP contribution in [0.4, 0.5) is 5.95 Å². The van der Waals surface area contributed by atoms with Crippen LogP contribution >= 0.6 is 15.9 Å². The summed E-state index contributed by atoms with van der Waals surface area (Å²) in [6.45, 7) is 1.30. The number of amides is 1. The summed E-state index contributed by atoms with van der Waals surface area (Å²) in [4.78, 5) is 20.1. The number of anilines is 1. The fourth-order valence-corrected chi connectivity index (χ4v) is 4.07. The first-order valence-corrected chi connectivity index (χ1v) is 10.2. The number of hydrogen-bond donors (Lipinski definition) is 0. The Bertz CT molecular complexity index is 1190. The number of benzene rings is 3. The van der Waals surface area contributed by atoms with Gasteiger partial charge in [0.05, 0.1) is 15.5 Å². The van der Waals surface area contributed by atoms with Crippen molar-refractivity contribution in [1.82, 2.24) is 9.55 Å². The van der Waals surface area contributed by atoms with Gasteiger partial charge in [-0.1, -0.05) is 54.6 Å². The Balaban J connectivity index is 1.54. The number of rotatable bonds is 4. The summed E-state index contributed by atoms with van der Waals surface area (Å²) in [5.74, 6) is 1.18. The molecule has 1 unspecified atom stereocenters. The fraction of sp³-hybridized carbons (Fsp3) is 0.130. The average Bonchev–Trinajstić information content (AvgIpc) is 3.33. The molecule has 4 aromatic rings. The minimum absolute atomic E-state index is 0.124. The van der Waals surface area contributed by atoms with Gasteiger partial charge in [0.2, 0.25) is 12.1 Å². The van der Waals surface area contributed by atoms with Crippen molar-refractivity contribution in [2.75, 3.05) is 11.4 Å². The highest BCUT2D eigenvalue weighted by Crippen LogP contribution is 2.33. The predicted octanol–water partition coefficient (Wildman–Crippen LogP) is 4.97. The molecule has 3 aromatic carbocycles. The number of carbonyl (C=O) groups is 1. The van der Waals surface area contributed by atoms with Crippen molar-refractivity contribution < 1.29 is 9.53 Å². The van der Waals surface area contributed by atoms with Crippen LogP contribution in [0.15, 0.2) is 83.3 Å². The Kier molecular flexibility index (Phi) is 4.56. The lowest BCUT2D eigenvalue weighted by Gasteiger charge is -2.24. The molecule has 1 atom stereocenters. The SMILES string of the molecule is O=C(C(Oc1ccccc1Br)c1ccccc1)N1CCn2c1nc1ccccc12. The first-order chi connectivity index (χ1) is 14.2. The molecule has 0 spiro atoms. The molecule has 0 fully saturated rings. The van der Waals surface area contributed by atoms with Gasteiger partial charge in [-0.2, -0.15) is 0 Å². The van der Waals surface area contributed by atoms with Gasteiger partial charge in [0.25, 0.3) is 5.91 Å². The first kappa shape index (κ1) is 17.9. The maximum absolute atomic E-state index is 13.6. The number of hydrogen-bond acceptors (Lipinski definition) is 3. The largest absolute Gasteiger partial charge is 0.475 e. The van der Waals surface area contributed by atoms with E-state index in [1.165, 1.54) is 0 Å². The Morgan fingerprint density at radius 3 is 2.48 bits per heavy atom. The molecule has 2 heterocycles. The maximum atomic E-state index is 13.6. The topological polar surface area (TPSA) is 47.4 Å². The van der Waals surface area contributed by atoms with E-state index in [1.807, 2.05) is 78.9 Å². The third kappa shape index (κ3) is 3.19. The molecule has 1 aromatic heterocycles. The van der Waals surface area contributed by atoms with Gasteiger partial charge >= 0.3 is 0 Å². The van der Waals surface area contributed by atoms with Crippen molar-refractivity contribution in [3.8, 4) is 5.75 Å². The molecular weight excluding hydrogens is 430 g/mol. The van der Waals surface area contributed by atoms with Crippen LogP contribution in [-0.2, 0) is 11.3 Å². The molecule has 0 saturated carbocycles. The second-order valence-electron chi connectivity index (χ2n) is 6.88. The van der Waals surface area contributed by atoms with E-state index in [4.69, 9.17) is 9.72 Å². The molecule has 1 aliphatic rings. The highest BCUT2D eigenvalue weighted by atomic mass is 79.9. The molecule has 0 aliphatic carbocycles. The van der Waals surface area contributed by atoms with E-state index in [-0.39, 0.29) is 5.91 Å². The molecule has 0 N–H and O–H groups in total. The minimum atomic E-state index is -0.763. The number of fused-ring (bicyclic) bond motifs is 3. The summed E-state index contributed by atoms with van der Waals surface area (Å²) in [6.07, 6.45) is -0.763. The van der Waals surface area contributed by atoms with Gasteiger partial charge in [-0.05, 0) is 40.2 Å². The molecule has 0 radical (unpaired) electrons. The summed E-state index contributed by atoms with van der Waals surface area (Å²) in [5.41, 5.74) is 2.74. The summed E-state index contributed by atoms with van der Waals surface area (Å²) in [6, 6.07) is 25.1. The van der Waals surface area contributed by atoms with Crippen LogP contribution in [0.2, 0.25) is 0 Å². The average molecular weight is 448 g/mol. The van der Waals surface area contributed by atoms with Gasteiger partial charge in [0.15, 0.2) is 0 Å². The van der Waals surface area contributed by atoms with E-state index in [1.54, 1.807) is 4.90 Å². The maximum Gasteiger partial charge on any atom is 0.275 e. The molecule has 144 valence electrons. The molecule has 5 rings (SSSR count).